The molecule has 0 amide bonds. The Balaban J connectivity index is 2.01. The van der Waals surface area contributed by atoms with Crippen LogP contribution < -0.4 is 4.90 Å². The van der Waals surface area contributed by atoms with Crippen molar-refractivity contribution in [1.82, 2.24) is 0 Å². The van der Waals surface area contributed by atoms with Crippen molar-refractivity contribution in [2.75, 3.05) is 31.2 Å². The number of aromatic carboxylic acids is 1. The van der Waals surface area contributed by atoms with Gasteiger partial charge in [-0.15, -0.1) is 11.3 Å². The molecule has 0 radical (unpaired) electrons. The Kier molecular flexibility index (Phi) is 4.99. The molecular formula is C18H15N3O3S. The predicted octanol–water partition coefficient (Wildman–Crippen LogP) is 2.62. The molecular weight excluding hydrogens is 338 g/mol. The molecule has 1 aromatic heterocycles. The SMILES string of the molecule is N#Cc1ccc(Cc2c(C(=O)O)sc(N3CCOCC3)c2C#N)cc1. The normalized spacial score (nSPS) is 13.9. The number of hydrogen-bond acceptors (Lipinski definition) is 6. The molecule has 3 rings (SSSR count). The molecule has 1 fully saturated rings. The van der Waals surface area contributed by atoms with Gasteiger partial charge < -0.3 is 14.7 Å². The Morgan fingerprint density at radius 1 is 1.20 bits per heavy atom. The van der Waals surface area contributed by atoms with E-state index in [2.05, 4.69) is 12.1 Å². The van der Waals surface area contributed by atoms with E-state index in [0.29, 0.717) is 54.4 Å². The number of carboxylic acid groups (broad SMARTS) is 1. The molecule has 25 heavy (non-hydrogen) atoms. The first-order chi connectivity index (χ1) is 12.1. The number of thiophene rings is 1. The molecule has 0 aliphatic carbocycles. The standard InChI is InChI=1S/C18H15N3O3S/c19-10-13-3-1-12(2-4-13)9-14-15(11-20)17(25-16(14)18(22)23)21-5-7-24-8-6-21/h1-4H,5-9H2,(H,22,23). The van der Waals surface area contributed by atoms with Gasteiger partial charge in [-0.05, 0) is 17.7 Å². The van der Waals surface area contributed by atoms with Gasteiger partial charge in [0.05, 0.1) is 30.4 Å². The van der Waals surface area contributed by atoms with E-state index in [0.717, 1.165) is 16.9 Å². The van der Waals surface area contributed by atoms with Gasteiger partial charge >= 0.3 is 5.97 Å². The van der Waals surface area contributed by atoms with Gasteiger partial charge in [-0.1, -0.05) is 12.1 Å². The Morgan fingerprint density at radius 2 is 1.88 bits per heavy atom. The van der Waals surface area contributed by atoms with Crippen LogP contribution in [0.5, 0.6) is 0 Å². The predicted molar refractivity (Wildman–Crippen MR) is 93.0 cm³/mol. The number of rotatable bonds is 4. The lowest BCUT2D eigenvalue weighted by molar-refractivity contribution is 0.0701. The summed E-state index contributed by atoms with van der Waals surface area (Å²) < 4.78 is 5.33. The van der Waals surface area contributed by atoms with Crippen molar-refractivity contribution in [3.63, 3.8) is 0 Å². The van der Waals surface area contributed by atoms with E-state index < -0.39 is 5.97 Å². The molecule has 0 unspecified atom stereocenters. The minimum Gasteiger partial charge on any atom is -0.477 e. The number of nitrogens with zero attached hydrogens (tertiary/aromatic N) is 3. The Labute approximate surface area is 149 Å². The van der Waals surface area contributed by atoms with E-state index in [1.165, 1.54) is 0 Å². The second-order valence-corrected chi connectivity index (χ2v) is 6.59. The van der Waals surface area contributed by atoms with Gasteiger partial charge in [0.15, 0.2) is 0 Å². The summed E-state index contributed by atoms with van der Waals surface area (Å²) in [6.45, 7) is 2.42. The molecule has 1 aliphatic rings. The minimum atomic E-state index is -1.02. The lowest BCUT2D eigenvalue weighted by Gasteiger charge is -2.27. The number of carboxylic acids is 1. The highest BCUT2D eigenvalue weighted by Gasteiger charge is 2.26. The van der Waals surface area contributed by atoms with Gasteiger partial charge in [-0.2, -0.15) is 10.5 Å². The molecule has 1 aliphatic heterocycles. The second-order valence-electron chi connectivity index (χ2n) is 5.59. The monoisotopic (exact) mass is 353 g/mol. The van der Waals surface area contributed by atoms with E-state index >= 15 is 0 Å². The van der Waals surface area contributed by atoms with Crippen molar-refractivity contribution < 1.29 is 14.6 Å². The van der Waals surface area contributed by atoms with Crippen molar-refractivity contribution in [2.45, 2.75) is 6.42 Å². The quantitative estimate of drug-likeness (QED) is 0.907. The number of benzene rings is 1. The maximum Gasteiger partial charge on any atom is 0.346 e. The molecule has 2 aromatic rings. The smallest absolute Gasteiger partial charge is 0.346 e. The summed E-state index contributed by atoms with van der Waals surface area (Å²) in [4.78, 5) is 13.9. The highest BCUT2D eigenvalue weighted by molar-refractivity contribution is 7.18. The first kappa shape index (κ1) is 17.0. The lowest BCUT2D eigenvalue weighted by atomic mass is 10.0. The summed E-state index contributed by atoms with van der Waals surface area (Å²) in [5.41, 5.74) is 2.37. The van der Waals surface area contributed by atoms with Crippen molar-refractivity contribution >= 4 is 22.3 Å². The first-order valence-electron chi connectivity index (χ1n) is 7.75. The Morgan fingerprint density at radius 3 is 2.44 bits per heavy atom. The fraction of sp³-hybridized carbons (Fsp3) is 0.278. The van der Waals surface area contributed by atoms with E-state index in [1.54, 1.807) is 24.3 Å². The minimum absolute atomic E-state index is 0.197. The average Bonchev–Trinajstić information content (AvgIpc) is 3.01. The Bertz CT molecular complexity index is 869. The molecule has 1 aromatic carbocycles. The van der Waals surface area contributed by atoms with Gasteiger partial charge in [-0.25, -0.2) is 4.79 Å². The molecule has 1 N–H and O–H groups in total. The van der Waals surface area contributed by atoms with E-state index in [-0.39, 0.29) is 4.88 Å². The summed E-state index contributed by atoms with van der Waals surface area (Å²) >= 11 is 1.15. The largest absolute Gasteiger partial charge is 0.477 e. The molecule has 126 valence electrons. The number of morpholine rings is 1. The summed E-state index contributed by atoms with van der Waals surface area (Å²) in [6.07, 6.45) is 0.344. The third-order valence-corrected chi connectivity index (χ3v) is 5.34. The molecule has 0 spiro atoms. The van der Waals surface area contributed by atoms with Crippen molar-refractivity contribution in [3.05, 3.63) is 51.4 Å². The van der Waals surface area contributed by atoms with Crippen LogP contribution in [0.1, 0.15) is 31.9 Å². The number of nitriles is 2. The van der Waals surface area contributed by atoms with Crippen LogP contribution >= 0.6 is 11.3 Å². The van der Waals surface area contributed by atoms with Gasteiger partial charge in [0.25, 0.3) is 0 Å². The zero-order valence-corrected chi connectivity index (χ0v) is 14.2. The van der Waals surface area contributed by atoms with E-state index in [9.17, 15) is 15.2 Å². The van der Waals surface area contributed by atoms with Crippen LogP contribution in [-0.2, 0) is 11.2 Å². The average molecular weight is 353 g/mol. The molecule has 2 heterocycles. The van der Waals surface area contributed by atoms with Crippen LogP contribution in [0, 0.1) is 22.7 Å². The van der Waals surface area contributed by atoms with E-state index in [1.807, 2.05) is 4.90 Å². The van der Waals surface area contributed by atoms with Crippen LogP contribution in [-0.4, -0.2) is 37.4 Å². The molecule has 0 saturated carbocycles. The van der Waals surface area contributed by atoms with Crippen molar-refractivity contribution in [1.29, 1.82) is 10.5 Å². The maximum absolute atomic E-state index is 11.7. The highest BCUT2D eigenvalue weighted by atomic mass is 32.1. The number of hydrogen-bond donors (Lipinski definition) is 1. The Hall–Kier alpha value is -2.87. The second kappa shape index (κ2) is 7.35. The van der Waals surface area contributed by atoms with Gasteiger partial charge in [0.1, 0.15) is 15.9 Å². The zero-order valence-electron chi connectivity index (χ0n) is 13.4. The summed E-state index contributed by atoms with van der Waals surface area (Å²) in [5.74, 6) is -1.02. The number of carbonyl (C=O) groups is 1. The zero-order chi connectivity index (χ0) is 17.8. The third-order valence-electron chi connectivity index (χ3n) is 4.06. The van der Waals surface area contributed by atoms with Crippen LogP contribution in [0.4, 0.5) is 5.00 Å². The van der Waals surface area contributed by atoms with Crippen molar-refractivity contribution in [2.24, 2.45) is 0 Å². The fourth-order valence-electron chi connectivity index (χ4n) is 2.80. The summed E-state index contributed by atoms with van der Waals surface area (Å²) in [7, 11) is 0. The lowest BCUT2D eigenvalue weighted by Crippen LogP contribution is -2.36. The molecule has 0 atom stereocenters. The molecule has 7 heteroatoms. The summed E-state index contributed by atoms with van der Waals surface area (Å²) in [6, 6.07) is 11.2. The van der Waals surface area contributed by atoms with Gasteiger partial charge in [0, 0.05) is 25.1 Å². The first-order valence-corrected chi connectivity index (χ1v) is 8.56. The third kappa shape index (κ3) is 3.48. The van der Waals surface area contributed by atoms with Gasteiger partial charge in [0.2, 0.25) is 0 Å². The molecule has 1 saturated heterocycles. The van der Waals surface area contributed by atoms with Crippen molar-refractivity contribution in [3.8, 4) is 12.1 Å². The van der Waals surface area contributed by atoms with Crippen LogP contribution in [0.2, 0.25) is 0 Å². The van der Waals surface area contributed by atoms with Crippen LogP contribution in [0.25, 0.3) is 0 Å². The van der Waals surface area contributed by atoms with Crippen LogP contribution in [0.3, 0.4) is 0 Å². The van der Waals surface area contributed by atoms with Crippen LogP contribution in [0.15, 0.2) is 24.3 Å². The fourth-order valence-corrected chi connectivity index (χ4v) is 3.96. The van der Waals surface area contributed by atoms with Gasteiger partial charge in [-0.3, -0.25) is 0 Å². The van der Waals surface area contributed by atoms with E-state index in [4.69, 9.17) is 10.00 Å². The number of anilines is 1. The molecule has 0 bridgehead atoms. The summed E-state index contributed by atoms with van der Waals surface area (Å²) in [5, 5.41) is 28.8. The molecule has 6 nitrogen and oxygen atoms in total. The topological polar surface area (TPSA) is 97.3 Å². The maximum atomic E-state index is 11.7. The highest BCUT2D eigenvalue weighted by Crippen LogP contribution is 2.37. The number of ether oxygens (including phenoxy) is 1.